The van der Waals surface area contributed by atoms with Crippen LogP contribution in [0.4, 0.5) is 13.2 Å². The molecule has 0 aliphatic carbocycles. The fourth-order valence-corrected chi connectivity index (χ4v) is 4.42. The van der Waals surface area contributed by atoms with E-state index in [4.69, 9.17) is 42.5 Å². The van der Waals surface area contributed by atoms with E-state index in [1.807, 2.05) is 0 Å². The molecule has 0 spiro atoms. The Morgan fingerprint density at radius 3 is 2.51 bits per heavy atom. The van der Waals surface area contributed by atoms with E-state index in [0.717, 1.165) is 16.8 Å². The van der Waals surface area contributed by atoms with Gasteiger partial charge in [0.05, 0.1) is 16.2 Å². The van der Waals surface area contributed by atoms with Gasteiger partial charge in [0.1, 0.15) is 54.4 Å². The first-order chi connectivity index (χ1) is 17.5. The van der Waals surface area contributed by atoms with E-state index in [0.29, 0.717) is 10.8 Å². The number of carbonyl (C=O) groups is 1. The lowest BCUT2D eigenvalue weighted by molar-refractivity contribution is -0.194. The van der Waals surface area contributed by atoms with Crippen LogP contribution in [0.15, 0.2) is 36.5 Å². The molecule has 4 rings (SSSR count). The first-order valence-corrected chi connectivity index (χ1v) is 11.8. The van der Waals surface area contributed by atoms with Gasteiger partial charge in [-0.15, -0.1) is 17.7 Å². The topological polar surface area (TPSA) is 116 Å². The van der Waals surface area contributed by atoms with Gasteiger partial charge in [-0.3, -0.25) is 0 Å². The highest BCUT2D eigenvalue weighted by atomic mass is 35.5. The Kier molecular flexibility index (Phi) is 8.51. The number of benzene rings is 2. The molecule has 0 saturated carbocycles. The third kappa shape index (κ3) is 6.13. The summed E-state index contributed by atoms with van der Waals surface area (Å²) in [6.07, 6.45) is -2.33. The molecular weight excluding hydrogens is 562 g/mol. The average Bonchev–Trinajstić information content (AvgIpc) is 3.33. The molecule has 1 aromatic heterocycles. The van der Waals surface area contributed by atoms with Crippen LogP contribution in [0.3, 0.4) is 0 Å². The van der Waals surface area contributed by atoms with Crippen LogP contribution in [0.25, 0.3) is 11.3 Å². The standard InChI is InChI=1S/C22H18Cl2F3N3O6S/c23-11-2-1-10(5-12(11)24)34-7-16-20(33)19(21(22(37)36-16)35-8-17(31)32)30-6-15(28-29-30)9-3-13(25)18(27)14(26)4-9/h1-6,16,19-22,33,37H,7-8H2,(H,31,32)/t16-,19+,20+,21-,22-/m1/s1. The van der Waals surface area contributed by atoms with Crippen molar-refractivity contribution in [3.05, 3.63) is 64.0 Å². The molecule has 5 atom stereocenters. The van der Waals surface area contributed by atoms with Gasteiger partial charge in [-0.25, -0.2) is 22.6 Å². The van der Waals surface area contributed by atoms with Crippen molar-refractivity contribution in [2.45, 2.75) is 29.8 Å². The first kappa shape index (κ1) is 27.5. The van der Waals surface area contributed by atoms with Crippen LogP contribution in [0.5, 0.6) is 5.75 Å². The molecule has 1 fully saturated rings. The number of halogens is 5. The minimum atomic E-state index is -1.64. The molecule has 0 unspecified atom stereocenters. The molecule has 0 bridgehead atoms. The SMILES string of the molecule is O=C(O)CO[C@@H]1[C@@H](n2cc(-c3cc(F)c(F)c(F)c3)nn2)[C@@H](O)[C@@H](COc2ccc(Cl)c(Cl)c2)O[C@@H]1S. The molecule has 2 N–H and O–H groups in total. The van der Waals surface area contributed by atoms with Crippen molar-refractivity contribution < 1.29 is 42.4 Å². The number of carboxylic acid groups (broad SMARTS) is 1. The van der Waals surface area contributed by atoms with Crippen molar-refractivity contribution in [1.29, 1.82) is 0 Å². The molecule has 2 heterocycles. The number of hydrogen-bond donors (Lipinski definition) is 3. The number of rotatable bonds is 8. The van der Waals surface area contributed by atoms with Crippen LogP contribution in [0.1, 0.15) is 6.04 Å². The fraction of sp³-hybridized carbons (Fsp3) is 0.318. The van der Waals surface area contributed by atoms with Crippen LogP contribution in [-0.2, 0) is 14.3 Å². The van der Waals surface area contributed by atoms with Gasteiger partial charge >= 0.3 is 5.97 Å². The lowest BCUT2D eigenvalue weighted by Crippen LogP contribution is -2.56. The maximum atomic E-state index is 13.7. The number of ether oxygens (including phenoxy) is 3. The number of hydrogen-bond acceptors (Lipinski definition) is 8. The second-order valence-corrected chi connectivity index (χ2v) is 9.26. The predicted octanol–water partition coefficient (Wildman–Crippen LogP) is 3.77. The summed E-state index contributed by atoms with van der Waals surface area (Å²) in [5, 5.41) is 28.5. The highest BCUT2D eigenvalue weighted by Gasteiger charge is 2.47. The minimum Gasteiger partial charge on any atom is -0.491 e. The largest absolute Gasteiger partial charge is 0.491 e. The zero-order chi connectivity index (χ0) is 26.9. The zero-order valence-corrected chi connectivity index (χ0v) is 20.9. The van der Waals surface area contributed by atoms with E-state index in [9.17, 15) is 23.1 Å². The molecule has 2 aromatic carbocycles. The number of aromatic nitrogens is 3. The Labute approximate surface area is 223 Å². The fourth-order valence-electron chi connectivity index (χ4n) is 3.72. The maximum absolute atomic E-state index is 13.7. The van der Waals surface area contributed by atoms with E-state index in [-0.39, 0.29) is 22.9 Å². The lowest BCUT2D eigenvalue weighted by Gasteiger charge is -2.42. The minimum absolute atomic E-state index is 0.0483. The maximum Gasteiger partial charge on any atom is 0.329 e. The molecule has 1 aliphatic heterocycles. The smallest absolute Gasteiger partial charge is 0.329 e. The van der Waals surface area contributed by atoms with Crippen molar-refractivity contribution in [3.8, 4) is 17.0 Å². The Bertz CT molecular complexity index is 1280. The number of aliphatic hydroxyl groups excluding tert-OH is 1. The molecule has 198 valence electrons. The number of aliphatic hydroxyl groups is 1. The zero-order valence-electron chi connectivity index (χ0n) is 18.5. The molecule has 9 nitrogen and oxygen atoms in total. The summed E-state index contributed by atoms with van der Waals surface area (Å²) in [6.45, 7) is -0.928. The Balaban J connectivity index is 1.61. The third-order valence-electron chi connectivity index (χ3n) is 5.46. The quantitative estimate of drug-likeness (QED) is 0.273. The second-order valence-electron chi connectivity index (χ2n) is 7.94. The summed E-state index contributed by atoms with van der Waals surface area (Å²) in [5.41, 5.74) is -1.22. The molecule has 15 heteroatoms. The van der Waals surface area contributed by atoms with E-state index >= 15 is 0 Å². The normalized spacial score (nSPS) is 23.7. The van der Waals surface area contributed by atoms with Crippen molar-refractivity contribution in [2.24, 2.45) is 0 Å². The molecular formula is C22H18Cl2F3N3O6S. The predicted molar refractivity (Wildman–Crippen MR) is 127 cm³/mol. The van der Waals surface area contributed by atoms with Gasteiger partial charge in [-0.2, -0.15) is 0 Å². The number of carboxylic acids is 1. The molecule has 0 amide bonds. The van der Waals surface area contributed by atoms with E-state index in [2.05, 4.69) is 22.9 Å². The van der Waals surface area contributed by atoms with Crippen molar-refractivity contribution in [2.75, 3.05) is 13.2 Å². The van der Waals surface area contributed by atoms with Crippen LogP contribution in [0.2, 0.25) is 10.0 Å². The van der Waals surface area contributed by atoms with E-state index in [1.165, 1.54) is 18.3 Å². The van der Waals surface area contributed by atoms with Crippen molar-refractivity contribution >= 4 is 41.8 Å². The highest BCUT2D eigenvalue weighted by Crippen LogP contribution is 2.35. The Morgan fingerprint density at radius 2 is 1.86 bits per heavy atom. The van der Waals surface area contributed by atoms with Crippen LogP contribution in [0, 0.1) is 17.5 Å². The highest BCUT2D eigenvalue weighted by molar-refractivity contribution is 7.80. The van der Waals surface area contributed by atoms with Gasteiger partial charge in [-0.05, 0) is 24.3 Å². The van der Waals surface area contributed by atoms with E-state index < -0.39 is 59.8 Å². The number of nitrogens with zero attached hydrogens (tertiary/aromatic N) is 3. The monoisotopic (exact) mass is 579 g/mol. The van der Waals surface area contributed by atoms with Gasteiger partial charge in [-0.1, -0.05) is 28.4 Å². The van der Waals surface area contributed by atoms with Crippen LogP contribution in [-0.4, -0.2) is 68.1 Å². The van der Waals surface area contributed by atoms with E-state index in [1.54, 1.807) is 6.07 Å². The summed E-state index contributed by atoms with van der Waals surface area (Å²) in [5.74, 6) is -5.43. The van der Waals surface area contributed by atoms with Crippen molar-refractivity contribution in [1.82, 2.24) is 15.0 Å². The summed E-state index contributed by atoms with van der Waals surface area (Å²) >= 11 is 16.2. The third-order valence-corrected chi connectivity index (χ3v) is 6.62. The van der Waals surface area contributed by atoms with Crippen LogP contribution < -0.4 is 4.74 Å². The molecule has 0 radical (unpaired) electrons. The average molecular weight is 580 g/mol. The lowest BCUT2D eigenvalue weighted by atomic mass is 9.97. The van der Waals surface area contributed by atoms with Gasteiger partial charge in [0, 0.05) is 11.6 Å². The van der Waals surface area contributed by atoms with Gasteiger partial charge in [0.25, 0.3) is 0 Å². The second kappa shape index (κ2) is 11.5. The summed E-state index contributed by atoms with van der Waals surface area (Å²) in [4.78, 5) is 11.1. The van der Waals surface area contributed by atoms with Gasteiger partial charge in [0.2, 0.25) is 0 Å². The molecule has 1 aliphatic rings. The summed E-state index contributed by atoms with van der Waals surface area (Å²) < 4.78 is 58.7. The molecule has 1 saturated heterocycles. The number of aliphatic carboxylic acids is 1. The van der Waals surface area contributed by atoms with Crippen molar-refractivity contribution in [3.63, 3.8) is 0 Å². The molecule has 37 heavy (non-hydrogen) atoms. The number of thiol groups is 1. The first-order valence-electron chi connectivity index (χ1n) is 10.5. The Morgan fingerprint density at radius 1 is 1.16 bits per heavy atom. The van der Waals surface area contributed by atoms with Gasteiger partial charge in [0.15, 0.2) is 17.5 Å². The van der Waals surface area contributed by atoms with Crippen LogP contribution >= 0.6 is 35.8 Å². The van der Waals surface area contributed by atoms with Gasteiger partial charge < -0.3 is 24.4 Å². The summed E-state index contributed by atoms with van der Waals surface area (Å²) in [6, 6.07) is 4.91. The molecule has 3 aromatic rings. The Hall–Kier alpha value is -2.55. The summed E-state index contributed by atoms with van der Waals surface area (Å²) in [7, 11) is 0.